The number of rotatable bonds is 3. The van der Waals surface area contributed by atoms with E-state index in [1.54, 1.807) is 0 Å². The summed E-state index contributed by atoms with van der Waals surface area (Å²) in [4.78, 5) is 6.82. The number of benzene rings is 1. The zero-order valence-corrected chi connectivity index (χ0v) is 16.5. The first-order chi connectivity index (χ1) is 10.2. The van der Waals surface area contributed by atoms with Gasteiger partial charge in [0.25, 0.3) is 0 Å². The van der Waals surface area contributed by atoms with Crippen LogP contribution < -0.4 is 5.73 Å². The highest BCUT2D eigenvalue weighted by atomic mass is 127. The number of morpholine rings is 1. The van der Waals surface area contributed by atoms with Gasteiger partial charge < -0.3 is 15.4 Å². The molecule has 2 aliphatic rings. The molecule has 1 heterocycles. The third-order valence-electron chi connectivity index (χ3n) is 4.63. The van der Waals surface area contributed by atoms with Crippen LogP contribution in [-0.2, 0) is 10.2 Å². The van der Waals surface area contributed by atoms with E-state index in [2.05, 4.69) is 45.1 Å². The van der Waals surface area contributed by atoms with Gasteiger partial charge in [0.1, 0.15) is 0 Å². The van der Waals surface area contributed by atoms with Gasteiger partial charge in [-0.2, -0.15) is 0 Å². The number of nitrogens with two attached hydrogens (primary N) is 1. The van der Waals surface area contributed by atoms with Gasteiger partial charge in [-0.1, -0.05) is 40.5 Å². The van der Waals surface area contributed by atoms with Crippen LogP contribution in [-0.4, -0.2) is 43.7 Å². The number of aliphatic imine (C=N–C) groups is 1. The zero-order chi connectivity index (χ0) is 14.7. The normalized spacial score (nSPS) is 21.0. The van der Waals surface area contributed by atoms with Crippen molar-refractivity contribution in [2.24, 2.45) is 10.7 Å². The smallest absolute Gasteiger partial charge is 0.191 e. The molecule has 1 saturated carbocycles. The van der Waals surface area contributed by atoms with Gasteiger partial charge in [0.2, 0.25) is 0 Å². The lowest BCUT2D eigenvalue weighted by Crippen LogP contribution is -2.46. The standard InChI is InChI=1S/C16H22BrN3O.HI/c17-14-5-2-1-4-13(14)16(6-3-7-16)12-19-15(18)20-8-10-21-11-9-20;/h1-2,4-5H,3,6-12H2,(H2,18,19);1H. The van der Waals surface area contributed by atoms with Crippen molar-refractivity contribution < 1.29 is 4.74 Å². The minimum absolute atomic E-state index is 0. The molecule has 1 aliphatic carbocycles. The Labute approximate surface area is 157 Å². The number of hydrogen-bond acceptors (Lipinski definition) is 2. The SMILES string of the molecule is I.NC(=NCC1(c2ccccc2Br)CCC1)N1CCOCC1. The molecule has 122 valence electrons. The zero-order valence-electron chi connectivity index (χ0n) is 12.6. The highest BCUT2D eigenvalue weighted by molar-refractivity contribution is 14.0. The molecule has 0 spiro atoms. The van der Waals surface area contributed by atoms with Crippen molar-refractivity contribution in [3.05, 3.63) is 34.3 Å². The van der Waals surface area contributed by atoms with Crippen LogP contribution in [0.5, 0.6) is 0 Å². The number of hydrogen-bond donors (Lipinski definition) is 1. The molecule has 6 heteroatoms. The fourth-order valence-electron chi connectivity index (χ4n) is 3.13. The van der Waals surface area contributed by atoms with E-state index in [1.165, 1.54) is 29.3 Å². The molecule has 2 fully saturated rings. The maximum atomic E-state index is 6.16. The molecule has 0 unspecified atom stereocenters. The molecular formula is C16H23BrIN3O. The molecule has 0 radical (unpaired) electrons. The predicted octanol–water partition coefficient (Wildman–Crippen LogP) is 3.14. The Morgan fingerprint density at radius 3 is 2.55 bits per heavy atom. The second kappa shape index (κ2) is 7.97. The molecular weight excluding hydrogens is 457 g/mol. The van der Waals surface area contributed by atoms with Gasteiger partial charge in [-0.05, 0) is 24.5 Å². The maximum Gasteiger partial charge on any atom is 0.191 e. The van der Waals surface area contributed by atoms with E-state index in [4.69, 9.17) is 15.5 Å². The van der Waals surface area contributed by atoms with Crippen molar-refractivity contribution in [1.29, 1.82) is 0 Å². The average Bonchev–Trinajstić information content (AvgIpc) is 2.48. The van der Waals surface area contributed by atoms with Crippen molar-refractivity contribution in [1.82, 2.24) is 4.90 Å². The van der Waals surface area contributed by atoms with Gasteiger partial charge in [-0.3, -0.25) is 4.99 Å². The summed E-state index contributed by atoms with van der Waals surface area (Å²) in [6.07, 6.45) is 3.65. The summed E-state index contributed by atoms with van der Waals surface area (Å²) in [5.41, 5.74) is 7.69. The monoisotopic (exact) mass is 479 g/mol. The van der Waals surface area contributed by atoms with Crippen molar-refractivity contribution >= 4 is 45.9 Å². The summed E-state index contributed by atoms with van der Waals surface area (Å²) in [5, 5.41) is 0. The first kappa shape index (κ1) is 18.0. The Kier molecular flexibility index (Phi) is 6.52. The lowest BCUT2D eigenvalue weighted by molar-refractivity contribution is 0.0673. The van der Waals surface area contributed by atoms with E-state index in [9.17, 15) is 0 Å². The molecule has 1 aliphatic heterocycles. The number of halogens is 2. The molecule has 1 aromatic rings. The van der Waals surface area contributed by atoms with E-state index < -0.39 is 0 Å². The van der Waals surface area contributed by atoms with Crippen LogP contribution in [0.1, 0.15) is 24.8 Å². The molecule has 0 aromatic heterocycles. The predicted molar refractivity (Wildman–Crippen MR) is 104 cm³/mol. The van der Waals surface area contributed by atoms with Gasteiger partial charge in [0, 0.05) is 23.0 Å². The topological polar surface area (TPSA) is 50.8 Å². The van der Waals surface area contributed by atoms with Crippen LogP contribution in [0, 0.1) is 0 Å². The molecule has 0 bridgehead atoms. The van der Waals surface area contributed by atoms with Gasteiger partial charge in [-0.15, -0.1) is 24.0 Å². The van der Waals surface area contributed by atoms with Crippen LogP contribution >= 0.6 is 39.9 Å². The molecule has 2 N–H and O–H groups in total. The van der Waals surface area contributed by atoms with E-state index in [1.807, 2.05) is 0 Å². The number of nitrogens with zero attached hydrogens (tertiary/aromatic N) is 2. The first-order valence-electron chi connectivity index (χ1n) is 7.59. The second-order valence-electron chi connectivity index (χ2n) is 5.89. The summed E-state index contributed by atoms with van der Waals surface area (Å²) in [6, 6.07) is 8.49. The van der Waals surface area contributed by atoms with Gasteiger partial charge in [-0.25, -0.2) is 0 Å². The lowest BCUT2D eigenvalue weighted by Gasteiger charge is -2.42. The third-order valence-corrected chi connectivity index (χ3v) is 5.33. The van der Waals surface area contributed by atoms with Gasteiger partial charge >= 0.3 is 0 Å². The first-order valence-corrected chi connectivity index (χ1v) is 8.38. The Hall–Kier alpha value is -0.340. The summed E-state index contributed by atoms with van der Waals surface area (Å²) >= 11 is 3.68. The highest BCUT2D eigenvalue weighted by Crippen LogP contribution is 2.46. The Morgan fingerprint density at radius 2 is 1.95 bits per heavy atom. The third kappa shape index (κ3) is 3.76. The van der Waals surface area contributed by atoms with Crippen molar-refractivity contribution in [2.45, 2.75) is 24.7 Å². The second-order valence-corrected chi connectivity index (χ2v) is 6.74. The van der Waals surface area contributed by atoms with E-state index in [-0.39, 0.29) is 29.4 Å². The quantitative estimate of drug-likeness (QED) is 0.411. The maximum absolute atomic E-state index is 6.16. The van der Waals surface area contributed by atoms with Crippen LogP contribution in [0.4, 0.5) is 0 Å². The molecule has 1 saturated heterocycles. The largest absolute Gasteiger partial charge is 0.378 e. The van der Waals surface area contributed by atoms with Crippen LogP contribution in [0.15, 0.2) is 33.7 Å². The highest BCUT2D eigenvalue weighted by Gasteiger charge is 2.39. The molecule has 4 nitrogen and oxygen atoms in total. The minimum Gasteiger partial charge on any atom is -0.378 e. The molecule has 3 rings (SSSR count). The van der Waals surface area contributed by atoms with Crippen LogP contribution in [0.3, 0.4) is 0 Å². The number of ether oxygens (including phenoxy) is 1. The van der Waals surface area contributed by atoms with E-state index in [0.29, 0.717) is 5.96 Å². The van der Waals surface area contributed by atoms with Gasteiger partial charge in [0.15, 0.2) is 5.96 Å². The van der Waals surface area contributed by atoms with Crippen LogP contribution in [0.25, 0.3) is 0 Å². The number of guanidine groups is 1. The average molecular weight is 480 g/mol. The molecule has 22 heavy (non-hydrogen) atoms. The van der Waals surface area contributed by atoms with Crippen molar-refractivity contribution in [2.75, 3.05) is 32.8 Å². The Bertz CT molecular complexity index is 528. The van der Waals surface area contributed by atoms with Crippen LogP contribution in [0.2, 0.25) is 0 Å². The van der Waals surface area contributed by atoms with Crippen molar-refractivity contribution in [3.8, 4) is 0 Å². The lowest BCUT2D eigenvalue weighted by atomic mass is 9.64. The van der Waals surface area contributed by atoms with E-state index in [0.717, 1.165) is 32.8 Å². The van der Waals surface area contributed by atoms with Crippen molar-refractivity contribution in [3.63, 3.8) is 0 Å². The fourth-order valence-corrected chi connectivity index (χ4v) is 3.84. The molecule has 0 atom stereocenters. The summed E-state index contributed by atoms with van der Waals surface area (Å²) in [7, 11) is 0. The Morgan fingerprint density at radius 1 is 1.27 bits per heavy atom. The summed E-state index contributed by atoms with van der Waals surface area (Å²) < 4.78 is 6.54. The minimum atomic E-state index is 0. The molecule has 0 amide bonds. The molecule has 1 aromatic carbocycles. The van der Waals surface area contributed by atoms with E-state index >= 15 is 0 Å². The Balaban J connectivity index is 0.00000176. The van der Waals surface area contributed by atoms with Gasteiger partial charge in [0.05, 0.1) is 19.8 Å². The summed E-state index contributed by atoms with van der Waals surface area (Å²) in [5.74, 6) is 0.664. The summed E-state index contributed by atoms with van der Waals surface area (Å²) in [6.45, 7) is 3.95. The fraction of sp³-hybridized carbons (Fsp3) is 0.562.